The first-order valence-corrected chi connectivity index (χ1v) is 7.03. The van der Waals surface area contributed by atoms with Crippen LogP contribution in [0.25, 0.3) is 10.6 Å². The molecule has 0 saturated heterocycles. The Morgan fingerprint density at radius 1 is 1.32 bits per heavy atom. The Morgan fingerprint density at radius 3 is 2.47 bits per heavy atom. The Labute approximate surface area is 118 Å². The van der Waals surface area contributed by atoms with E-state index in [1.807, 2.05) is 12.1 Å². The first-order valence-electron chi connectivity index (χ1n) is 6.22. The number of hydrogen-bond acceptors (Lipinski definition) is 3. The number of thiazole rings is 1. The van der Waals surface area contributed by atoms with Gasteiger partial charge in [-0.1, -0.05) is 44.5 Å². The number of amidine groups is 1. The normalized spacial score (nSPS) is 11.6. The molecule has 0 aliphatic rings. The van der Waals surface area contributed by atoms with Gasteiger partial charge in [0.05, 0.1) is 10.6 Å². The molecule has 19 heavy (non-hydrogen) atoms. The molecule has 0 spiro atoms. The molecule has 3 nitrogen and oxygen atoms in total. The Morgan fingerprint density at radius 2 is 2.00 bits per heavy atom. The van der Waals surface area contributed by atoms with Gasteiger partial charge < -0.3 is 5.73 Å². The molecular weight excluding hydrogens is 254 g/mol. The Hall–Kier alpha value is -1.68. The third-order valence-electron chi connectivity index (χ3n) is 2.85. The van der Waals surface area contributed by atoms with Crippen LogP contribution in [-0.2, 0) is 5.41 Å². The summed E-state index contributed by atoms with van der Waals surface area (Å²) >= 11 is 1.50. The summed E-state index contributed by atoms with van der Waals surface area (Å²) < 4.78 is 0. The number of nitrogen functional groups attached to an aromatic ring is 1. The third-order valence-corrected chi connectivity index (χ3v) is 3.98. The highest BCUT2D eigenvalue weighted by molar-refractivity contribution is 7.17. The number of benzene rings is 1. The molecule has 0 aliphatic heterocycles. The molecule has 0 atom stereocenters. The fourth-order valence-corrected chi connectivity index (χ4v) is 3.05. The summed E-state index contributed by atoms with van der Waals surface area (Å²) in [4.78, 5) is 5.49. The quantitative estimate of drug-likeness (QED) is 0.647. The van der Waals surface area contributed by atoms with Crippen molar-refractivity contribution >= 4 is 17.2 Å². The van der Waals surface area contributed by atoms with Crippen LogP contribution in [0.2, 0.25) is 0 Å². The molecule has 2 aromatic rings. The Kier molecular flexibility index (Phi) is 3.45. The first kappa shape index (κ1) is 13.7. The number of aryl methyl sites for hydroxylation is 1. The summed E-state index contributed by atoms with van der Waals surface area (Å²) in [5, 5.41) is 8.65. The van der Waals surface area contributed by atoms with E-state index >= 15 is 0 Å². The van der Waals surface area contributed by atoms with Crippen LogP contribution in [0.4, 0.5) is 0 Å². The van der Waals surface area contributed by atoms with Crippen LogP contribution in [-0.4, -0.2) is 10.8 Å². The lowest BCUT2D eigenvalue weighted by atomic mass is 9.91. The molecule has 1 aromatic heterocycles. The molecule has 0 fully saturated rings. The van der Waals surface area contributed by atoms with Crippen molar-refractivity contribution < 1.29 is 0 Å². The number of nitrogens with two attached hydrogens (primary N) is 1. The zero-order chi connectivity index (χ0) is 14.2. The molecule has 1 aromatic carbocycles. The maximum atomic E-state index is 7.72. The SMILES string of the molecule is Cc1cccc(-c2nc(C(C)(C)C)c(C(=N)N)s2)c1. The van der Waals surface area contributed by atoms with Gasteiger partial charge in [0.15, 0.2) is 0 Å². The maximum Gasteiger partial charge on any atom is 0.135 e. The predicted molar refractivity (Wildman–Crippen MR) is 82.0 cm³/mol. The van der Waals surface area contributed by atoms with Gasteiger partial charge >= 0.3 is 0 Å². The van der Waals surface area contributed by atoms with E-state index in [0.717, 1.165) is 21.1 Å². The van der Waals surface area contributed by atoms with Gasteiger partial charge in [-0.3, -0.25) is 5.41 Å². The smallest absolute Gasteiger partial charge is 0.135 e. The largest absolute Gasteiger partial charge is 0.383 e. The predicted octanol–water partition coefficient (Wildman–Crippen LogP) is 3.70. The van der Waals surface area contributed by atoms with Crippen molar-refractivity contribution in [3.8, 4) is 10.6 Å². The standard InChI is InChI=1S/C15H19N3S/c1-9-6-5-7-10(8-9)14-18-12(15(2,3)4)11(19-14)13(16)17/h5-8H,1-4H3,(H3,16,17). The summed E-state index contributed by atoms with van der Waals surface area (Å²) in [5.41, 5.74) is 8.77. The monoisotopic (exact) mass is 273 g/mol. The Bertz CT molecular complexity index is 621. The van der Waals surface area contributed by atoms with Crippen LogP contribution in [0, 0.1) is 12.3 Å². The summed E-state index contributed by atoms with van der Waals surface area (Å²) in [6.07, 6.45) is 0. The van der Waals surface area contributed by atoms with Gasteiger partial charge in [-0.25, -0.2) is 4.98 Å². The minimum Gasteiger partial charge on any atom is -0.383 e. The highest BCUT2D eigenvalue weighted by Gasteiger charge is 2.25. The molecule has 0 amide bonds. The van der Waals surface area contributed by atoms with Gasteiger partial charge in [0.25, 0.3) is 0 Å². The molecule has 0 radical (unpaired) electrons. The van der Waals surface area contributed by atoms with Gasteiger partial charge in [0, 0.05) is 11.0 Å². The average Bonchev–Trinajstić information content (AvgIpc) is 2.73. The topological polar surface area (TPSA) is 62.8 Å². The fraction of sp³-hybridized carbons (Fsp3) is 0.333. The lowest BCUT2D eigenvalue weighted by molar-refractivity contribution is 0.572. The molecule has 0 unspecified atom stereocenters. The summed E-state index contributed by atoms with van der Waals surface area (Å²) in [6.45, 7) is 8.34. The van der Waals surface area contributed by atoms with E-state index in [1.165, 1.54) is 16.9 Å². The number of rotatable bonds is 2. The molecule has 2 rings (SSSR count). The van der Waals surface area contributed by atoms with Gasteiger partial charge in [-0.05, 0) is 13.0 Å². The molecule has 0 saturated carbocycles. The summed E-state index contributed by atoms with van der Waals surface area (Å²) in [7, 11) is 0. The van der Waals surface area contributed by atoms with Crippen molar-refractivity contribution in [2.45, 2.75) is 33.1 Å². The van der Waals surface area contributed by atoms with Gasteiger partial charge in [0.2, 0.25) is 0 Å². The highest BCUT2D eigenvalue weighted by atomic mass is 32.1. The first-order chi connectivity index (χ1) is 8.79. The molecular formula is C15H19N3S. The van der Waals surface area contributed by atoms with Crippen LogP contribution >= 0.6 is 11.3 Å². The van der Waals surface area contributed by atoms with Gasteiger partial charge in [-0.2, -0.15) is 0 Å². The van der Waals surface area contributed by atoms with E-state index in [0.29, 0.717) is 0 Å². The van der Waals surface area contributed by atoms with Crippen molar-refractivity contribution in [3.05, 3.63) is 40.4 Å². The molecule has 100 valence electrons. The van der Waals surface area contributed by atoms with E-state index < -0.39 is 0 Å². The van der Waals surface area contributed by atoms with Crippen LogP contribution in [0.15, 0.2) is 24.3 Å². The van der Waals surface area contributed by atoms with Crippen LogP contribution in [0.1, 0.15) is 36.9 Å². The molecule has 1 heterocycles. The van der Waals surface area contributed by atoms with Crippen molar-refractivity contribution in [3.63, 3.8) is 0 Å². The van der Waals surface area contributed by atoms with Crippen molar-refractivity contribution in [2.75, 3.05) is 0 Å². The fourth-order valence-electron chi connectivity index (χ4n) is 1.91. The summed E-state index contributed by atoms with van der Waals surface area (Å²) in [6, 6.07) is 8.24. The van der Waals surface area contributed by atoms with Crippen molar-refractivity contribution in [2.24, 2.45) is 5.73 Å². The minimum absolute atomic E-state index is 0.0985. The molecule has 0 aliphatic carbocycles. The second-order valence-electron chi connectivity index (χ2n) is 5.73. The number of hydrogen-bond donors (Lipinski definition) is 2. The van der Waals surface area contributed by atoms with Crippen molar-refractivity contribution in [1.29, 1.82) is 5.41 Å². The zero-order valence-corrected chi connectivity index (χ0v) is 12.6. The van der Waals surface area contributed by atoms with E-state index in [4.69, 9.17) is 16.1 Å². The molecule has 3 N–H and O–H groups in total. The molecule has 0 bridgehead atoms. The zero-order valence-electron chi connectivity index (χ0n) is 11.7. The highest BCUT2D eigenvalue weighted by Crippen LogP contribution is 2.34. The molecule has 4 heteroatoms. The third kappa shape index (κ3) is 2.84. The number of nitrogens with one attached hydrogen (secondary N) is 1. The average molecular weight is 273 g/mol. The number of nitrogens with zero attached hydrogens (tertiary/aromatic N) is 1. The van der Waals surface area contributed by atoms with Crippen LogP contribution in [0.5, 0.6) is 0 Å². The minimum atomic E-state index is -0.112. The van der Waals surface area contributed by atoms with Crippen LogP contribution < -0.4 is 5.73 Å². The van der Waals surface area contributed by atoms with Gasteiger partial charge in [-0.15, -0.1) is 11.3 Å². The van der Waals surface area contributed by atoms with E-state index in [1.54, 1.807) is 0 Å². The van der Waals surface area contributed by atoms with E-state index in [9.17, 15) is 0 Å². The summed E-state index contributed by atoms with van der Waals surface area (Å²) in [5.74, 6) is 0.0985. The van der Waals surface area contributed by atoms with E-state index in [2.05, 4.69) is 39.8 Å². The Balaban J connectivity index is 2.58. The lowest BCUT2D eigenvalue weighted by Crippen LogP contribution is -2.19. The van der Waals surface area contributed by atoms with E-state index in [-0.39, 0.29) is 11.3 Å². The lowest BCUT2D eigenvalue weighted by Gasteiger charge is -2.16. The van der Waals surface area contributed by atoms with Crippen molar-refractivity contribution in [1.82, 2.24) is 4.98 Å². The number of aromatic nitrogens is 1. The van der Waals surface area contributed by atoms with Crippen LogP contribution in [0.3, 0.4) is 0 Å². The second kappa shape index (κ2) is 4.78. The second-order valence-corrected chi connectivity index (χ2v) is 6.73. The van der Waals surface area contributed by atoms with Gasteiger partial charge in [0.1, 0.15) is 10.8 Å². The maximum absolute atomic E-state index is 7.72.